The zero-order chi connectivity index (χ0) is 15.9. The number of hydrogen-bond donors (Lipinski definition) is 0. The number of rotatable bonds is 5. The minimum Gasteiger partial charge on any atom is -0.305 e. The van der Waals surface area contributed by atoms with Crippen LogP contribution >= 0.6 is 0 Å². The average Bonchev–Trinajstić information content (AvgIpc) is 2.52. The van der Waals surface area contributed by atoms with Crippen LogP contribution in [-0.4, -0.2) is 16.6 Å². The van der Waals surface area contributed by atoms with Crippen LogP contribution in [0.1, 0.15) is 25.0 Å². The lowest BCUT2D eigenvalue weighted by Crippen LogP contribution is -2.30. The molecule has 2 aromatic rings. The molecule has 0 bridgehead atoms. The third-order valence-corrected chi connectivity index (χ3v) is 3.32. The van der Waals surface area contributed by atoms with Crippen LogP contribution in [0.15, 0.2) is 66.4 Å². The maximum atomic E-state index is 12.0. The molecule has 0 saturated heterocycles. The van der Waals surface area contributed by atoms with Crippen molar-refractivity contribution in [3.63, 3.8) is 0 Å². The lowest BCUT2D eigenvalue weighted by Gasteiger charge is -2.23. The summed E-state index contributed by atoms with van der Waals surface area (Å²) < 4.78 is 0. The number of benzene rings is 2. The summed E-state index contributed by atoms with van der Waals surface area (Å²) in [5, 5.41) is 0. The molecule has 0 unspecified atom stereocenters. The van der Waals surface area contributed by atoms with Gasteiger partial charge < -0.3 is 4.90 Å². The summed E-state index contributed by atoms with van der Waals surface area (Å²) in [6.45, 7) is 3.34. The van der Waals surface area contributed by atoms with Crippen LogP contribution in [0.5, 0.6) is 0 Å². The second-order valence-electron chi connectivity index (χ2n) is 5.09. The zero-order valence-electron chi connectivity index (χ0n) is 12.8. The summed E-state index contributed by atoms with van der Waals surface area (Å²) >= 11 is 0. The van der Waals surface area contributed by atoms with Crippen molar-refractivity contribution in [3.05, 3.63) is 77.5 Å². The van der Waals surface area contributed by atoms with Gasteiger partial charge in [-0.25, -0.2) is 0 Å². The van der Waals surface area contributed by atoms with Crippen LogP contribution in [0.4, 0.5) is 0 Å². The molecule has 3 heteroatoms. The maximum absolute atomic E-state index is 12.0. The summed E-state index contributed by atoms with van der Waals surface area (Å²) in [5.41, 5.74) is 2.28. The van der Waals surface area contributed by atoms with Crippen LogP contribution < -0.4 is 0 Å². The fraction of sp³-hybridized carbons (Fsp3) is 0.158. The highest BCUT2D eigenvalue weighted by Gasteiger charge is 2.18. The zero-order valence-corrected chi connectivity index (χ0v) is 12.8. The van der Waals surface area contributed by atoms with Crippen molar-refractivity contribution in [1.82, 2.24) is 4.90 Å². The molecule has 0 radical (unpaired) electrons. The minimum absolute atomic E-state index is 0.130. The molecule has 2 aromatic carbocycles. The topological polar surface area (TPSA) is 37.4 Å². The van der Waals surface area contributed by atoms with Gasteiger partial charge in [-0.3, -0.25) is 9.59 Å². The van der Waals surface area contributed by atoms with E-state index in [-0.39, 0.29) is 11.7 Å². The Morgan fingerprint density at radius 1 is 0.909 bits per heavy atom. The van der Waals surface area contributed by atoms with Gasteiger partial charge in [0, 0.05) is 13.8 Å². The Labute approximate surface area is 130 Å². The lowest BCUT2D eigenvalue weighted by atomic mass is 10.1. The summed E-state index contributed by atoms with van der Waals surface area (Å²) in [5.74, 6) is -0.281. The van der Waals surface area contributed by atoms with Gasteiger partial charge in [0.05, 0.1) is 12.2 Å². The molecule has 0 saturated carbocycles. The molecule has 3 nitrogen and oxygen atoms in total. The van der Waals surface area contributed by atoms with E-state index in [0.717, 1.165) is 11.1 Å². The van der Waals surface area contributed by atoms with Crippen LogP contribution in [0.2, 0.25) is 0 Å². The van der Waals surface area contributed by atoms with E-state index >= 15 is 0 Å². The summed E-state index contributed by atoms with van der Waals surface area (Å²) in [6, 6.07) is 19.2. The predicted octanol–water partition coefficient (Wildman–Crippen LogP) is 3.67. The maximum Gasteiger partial charge on any atom is 0.224 e. The standard InChI is InChI=1S/C19H19NO2/c1-15(21)19(13-17-9-5-3-6-10-17)20(16(2)22)14-18-11-7-4-8-12-18/h3-13H,14H2,1-2H3/b19-13+. The number of amides is 1. The van der Waals surface area contributed by atoms with Gasteiger partial charge in [-0.1, -0.05) is 60.7 Å². The quantitative estimate of drug-likeness (QED) is 0.789. The highest BCUT2D eigenvalue weighted by Crippen LogP contribution is 2.16. The molecule has 0 aliphatic rings. The minimum atomic E-state index is -0.152. The molecule has 0 fully saturated rings. The van der Waals surface area contributed by atoms with Crippen molar-refractivity contribution < 1.29 is 9.59 Å². The average molecular weight is 293 g/mol. The van der Waals surface area contributed by atoms with E-state index in [1.165, 1.54) is 18.7 Å². The van der Waals surface area contributed by atoms with Gasteiger partial charge in [-0.2, -0.15) is 0 Å². The first kappa shape index (κ1) is 15.7. The molecule has 0 heterocycles. The van der Waals surface area contributed by atoms with Gasteiger partial charge in [-0.15, -0.1) is 0 Å². The van der Waals surface area contributed by atoms with E-state index in [1.54, 1.807) is 6.08 Å². The normalized spacial score (nSPS) is 11.1. The van der Waals surface area contributed by atoms with Crippen molar-refractivity contribution in [2.45, 2.75) is 20.4 Å². The Bertz CT molecular complexity index is 675. The van der Waals surface area contributed by atoms with Gasteiger partial charge in [0.1, 0.15) is 0 Å². The second kappa shape index (κ2) is 7.36. The fourth-order valence-electron chi connectivity index (χ4n) is 2.21. The highest BCUT2D eigenvalue weighted by atomic mass is 16.2. The number of carbonyl (C=O) groups is 2. The van der Waals surface area contributed by atoms with Gasteiger partial charge >= 0.3 is 0 Å². The smallest absolute Gasteiger partial charge is 0.224 e. The first-order valence-electron chi connectivity index (χ1n) is 7.17. The summed E-state index contributed by atoms with van der Waals surface area (Å²) in [6.07, 6.45) is 1.76. The fourth-order valence-corrected chi connectivity index (χ4v) is 2.21. The largest absolute Gasteiger partial charge is 0.305 e. The summed E-state index contributed by atoms with van der Waals surface area (Å²) in [7, 11) is 0. The third-order valence-electron chi connectivity index (χ3n) is 3.32. The predicted molar refractivity (Wildman–Crippen MR) is 87.8 cm³/mol. The number of ketones is 1. The van der Waals surface area contributed by atoms with E-state index in [4.69, 9.17) is 0 Å². The van der Waals surface area contributed by atoms with Crippen molar-refractivity contribution in [2.75, 3.05) is 0 Å². The van der Waals surface area contributed by atoms with Crippen LogP contribution in [-0.2, 0) is 16.1 Å². The van der Waals surface area contributed by atoms with E-state index in [0.29, 0.717) is 12.2 Å². The third kappa shape index (κ3) is 4.16. The highest BCUT2D eigenvalue weighted by molar-refractivity contribution is 6.00. The van der Waals surface area contributed by atoms with Gasteiger partial charge in [0.2, 0.25) is 5.91 Å². The number of hydrogen-bond acceptors (Lipinski definition) is 2. The van der Waals surface area contributed by atoms with Crippen molar-refractivity contribution in [3.8, 4) is 0 Å². The number of Topliss-reactive ketones (excluding diaryl/α,β-unsaturated/α-hetero) is 1. The molecule has 112 valence electrons. The first-order valence-corrected chi connectivity index (χ1v) is 7.17. The SMILES string of the molecule is CC(=O)/C(=C\c1ccccc1)N(Cc1ccccc1)C(C)=O. The first-order chi connectivity index (χ1) is 10.6. The Kier molecular flexibility index (Phi) is 5.26. The second-order valence-corrected chi connectivity index (χ2v) is 5.09. The van der Waals surface area contributed by atoms with Gasteiger partial charge in [0.15, 0.2) is 5.78 Å². The van der Waals surface area contributed by atoms with Crippen molar-refractivity contribution >= 4 is 17.8 Å². The van der Waals surface area contributed by atoms with Gasteiger partial charge in [-0.05, 0) is 17.2 Å². The van der Waals surface area contributed by atoms with Crippen molar-refractivity contribution in [2.24, 2.45) is 0 Å². The number of allylic oxidation sites excluding steroid dienone is 1. The monoisotopic (exact) mass is 293 g/mol. The molecule has 1 amide bonds. The Balaban J connectivity index is 2.36. The van der Waals surface area contributed by atoms with Crippen LogP contribution in [0.25, 0.3) is 6.08 Å². The Morgan fingerprint density at radius 3 is 1.95 bits per heavy atom. The molecule has 2 rings (SSSR count). The van der Waals surface area contributed by atoms with Crippen LogP contribution in [0.3, 0.4) is 0 Å². The lowest BCUT2D eigenvalue weighted by molar-refractivity contribution is -0.130. The van der Waals surface area contributed by atoms with E-state index in [2.05, 4.69) is 0 Å². The van der Waals surface area contributed by atoms with E-state index in [9.17, 15) is 9.59 Å². The summed E-state index contributed by atoms with van der Waals surface area (Å²) in [4.78, 5) is 25.6. The van der Waals surface area contributed by atoms with Crippen LogP contribution in [0, 0.1) is 0 Å². The molecular weight excluding hydrogens is 274 g/mol. The molecular formula is C19H19NO2. The number of carbonyl (C=O) groups excluding carboxylic acids is 2. The Morgan fingerprint density at radius 2 is 1.45 bits per heavy atom. The molecule has 0 atom stereocenters. The molecule has 0 N–H and O–H groups in total. The van der Waals surface area contributed by atoms with Crippen molar-refractivity contribution in [1.29, 1.82) is 0 Å². The Hall–Kier alpha value is -2.68. The van der Waals surface area contributed by atoms with Gasteiger partial charge in [0.25, 0.3) is 0 Å². The molecule has 0 spiro atoms. The number of nitrogens with zero attached hydrogens (tertiary/aromatic N) is 1. The van der Waals surface area contributed by atoms with E-state index in [1.807, 2.05) is 60.7 Å². The molecule has 0 aliphatic heterocycles. The molecule has 0 aliphatic carbocycles. The van der Waals surface area contributed by atoms with E-state index < -0.39 is 0 Å². The molecule has 22 heavy (non-hydrogen) atoms. The molecule has 0 aromatic heterocycles.